The highest BCUT2D eigenvalue weighted by Crippen LogP contribution is 2.29. The second kappa shape index (κ2) is 10.5. The van der Waals surface area contributed by atoms with E-state index in [1.807, 2.05) is 58.9 Å². The molecule has 0 heterocycles. The van der Waals surface area contributed by atoms with Crippen molar-refractivity contribution in [1.29, 1.82) is 0 Å². The third kappa shape index (κ3) is 6.62. The standard InChI is InChI=1S/C23H32N2O5S/c1-7-29-20-10-9-19(13-21(20)30-8-2)14-24-22(26)15-25(31(6,27)28)23-17(4)11-16(3)12-18(23)5/h9-13H,7-8,14-15H2,1-6H3,(H,24,26). The van der Waals surface area contributed by atoms with E-state index >= 15 is 0 Å². The summed E-state index contributed by atoms with van der Waals surface area (Å²) in [5.41, 5.74) is 4.03. The molecule has 8 heteroatoms. The maximum atomic E-state index is 12.6. The number of carbonyl (C=O) groups excluding carboxylic acids is 1. The summed E-state index contributed by atoms with van der Waals surface area (Å²) in [6.07, 6.45) is 1.11. The van der Waals surface area contributed by atoms with Gasteiger partial charge in [-0.25, -0.2) is 8.42 Å². The number of anilines is 1. The number of carbonyl (C=O) groups is 1. The molecule has 170 valence electrons. The molecular weight excluding hydrogens is 416 g/mol. The molecule has 0 aromatic heterocycles. The molecule has 1 amide bonds. The van der Waals surface area contributed by atoms with Gasteiger partial charge in [0.25, 0.3) is 0 Å². The smallest absolute Gasteiger partial charge is 0.241 e. The summed E-state index contributed by atoms with van der Waals surface area (Å²) in [5, 5.41) is 2.80. The van der Waals surface area contributed by atoms with Crippen LogP contribution in [0.1, 0.15) is 36.1 Å². The van der Waals surface area contributed by atoms with Crippen LogP contribution < -0.4 is 19.1 Å². The van der Waals surface area contributed by atoms with Gasteiger partial charge in [0, 0.05) is 6.54 Å². The van der Waals surface area contributed by atoms with Gasteiger partial charge in [-0.1, -0.05) is 23.8 Å². The summed E-state index contributed by atoms with van der Waals surface area (Å²) in [7, 11) is -3.64. The first-order valence-electron chi connectivity index (χ1n) is 10.3. The predicted molar refractivity (Wildman–Crippen MR) is 123 cm³/mol. The maximum Gasteiger partial charge on any atom is 0.241 e. The van der Waals surface area contributed by atoms with Gasteiger partial charge in [-0.2, -0.15) is 0 Å². The quantitative estimate of drug-likeness (QED) is 0.601. The zero-order chi connectivity index (χ0) is 23.2. The molecule has 0 radical (unpaired) electrons. The minimum Gasteiger partial charge on any atom is -0.490 e. The molecule has 0 saturated carbocycles. The lowest BCUT2D eigenvalue weighted by Crippen LogP contribution is -2.40. The lowest BCUT2D eigenvalue weighted by molar-refractivity contribution is -0.119. The first-order chi connectivity index (χ1) is 14.6. The van der Waals surface area contributed by atoms with Crippen LogP contribution in [0, 0.1) is 20.8 Å². The Morgan fingerprint density at radius 1 is 0.968 bits per heavy atom. The minimum atomic E-state index is -3.64. The van der Waals surface area contributed by atoms with Crippen LogP contribution in [0.5, 0.6) is 11.5 Å². The lowest BCUT2D eigenvalue weighted by Gasteiger charge is -2.26. The van der Waals surface area contributed by atoms with Crippen LogP contribution in [0.4, 0.5) is 5.69 Å². The number of benzene rings is 2. The second-order valence-electron chi connectivity index (χ2n) is 7.44. The average Bonchev–Trinajstić information content (AvgIpc) is 2.66. The van der Waals surface area contributed by atoms with E-state index in [4.69, 9.17) is 9.47 Å². The number of nitrogens with zero attached hydrogens (tertiary/aromatic N) is 1. The summed E-state index contributed by atoms with van der Waals surface area (Å²) in [4.78, 5) is 12.6. The van der Waals surface area contributed by atoms with Gasteiger partial charge in [0.2, 0.25) is 15.9 Å². The third-order valence-corrected chi connectivity index (χ3v) is 5.78. The van der Waals surface area contributed by atoms with Gasteiger partial charge >= 0.3 is 0 Å². The van der Waals surface area contributed by atoms with Crippen molar-refractivity contribution in [2.24, 2.45) is 0 Å². The van der Waals surface area contributed by atoms with E-state index in [2.05, 4.69) is 5.32 Å². The fourth-order valence-corrected chi connectivity index (χ4v) is 4.49. The van der Waals surface area contributed by atoms with Crippen LogP contribution in [-0.2, 0) is 21.4 Å². The van der Waals surface area contributed by atoms with Crippen molar-refractivity contribution in [3.63, 3.8) is 0 Å². The number of nitrogens with one attached hydrogen (secondary N) is 1. The van der Waals surface area contributed by atoms with Crippen LogP contribution in [0.25, 0.3) is 0 Å². The first-order valence-corrected chi connectivity index (χ1v) is 12.1. The molecule has 2 aromatic rings. The van der Waals surface area contributed by atoms with Gasteiger partial charge in [-0.15, -0.1) is 0 Å². The second-order valence-corrected chi connectivity index (χ2v) is 9.35. The summed E-state index contributed by atoms with van der Waals surface area (Å²) in [6, 6.07) is 9.28. The van der Waals surface area contributed by atoms with Crippen molar-refractivity contribution in [1.82, 2.24) is 5.32 Å². The Morgan fingerprint density at radius 3 is 2.10 bits per heavy atom. The highest BCUT2D eigenvalue weighted by atomic mass is 32.2. The zero-order valence-corrected chi connectivity index (χ0v) is 19.9. The normalized spacial score (nSPS) is 11.2. The Morgan fingerprint density at radius 2 is 1.55 bits per heavy atom. The highest BCUT2D eigenvalue weighted by molar-refractivity contribution is 7.92. The number of hydrogen-bond acceptors (Lipinski definition) is 5. The number of sulfonamides is 1. The molecular formula is C23H32N2O5S. The van der Waals surface area contributed by atoms with Crippen LogP contribution in [0.3, 0.4) is 0 Å². The molecule has 0 aliphatic heterocycles. The zero-order valence-electron chi connectivity index (χ0n) is 19.1. The Kier molecular flexibility index (Phi) is 8.33. The van der Waals surface area contributed by atoms with E-state index in [-0.39, 0.29) is 13.1 Å². The van der Waals surface area contributed by atoms with Gasteiger partial charge in [-0.05, 0) is 63.4 Å². The number of hydrogen-bond donors (Lipinski definition) is 1. The van der Waals surface area contributed by atoms with E-state index in [0.29, 0.717) is 30.4 Å². The molecule has 0 aliphatic carbocycles. The topological polar surface area (TPSA) is 84.9 Å². The van der Waals surface area contributed by atoms with Gasteiger partial charge in [0.15, 0.2) is 11.5 Å². The third-order valence-electron chi connectivity index (χ3n) is 4.67. The SMILES string of the molecule is CCOc1ccc(CNC(=O)CN(c2c(C)cc(C)cc2C)S(C)(=O)=O)cc1OCC. The lowest BCUT2D eigenvalue weighted by atomic mass is 10.1. The Hall–Kier alpha value is -2.74. The van der Waals surface area contributed by atoms with Gasteiger partial charge in [0.05, 0.1) is 25.2 Å². The molecule has 31 heavy (non-hydrogen) atoms. The summed E-state index contributed by atoms with van der Waals surface area (Å²) >= 11 is 0. The van der Waals surface area contributed by atoms with Crippen molar-refractivity contribution in [3.05, 3.63) is 52.6 Å². The molecule has 0 spiro atoms. The van der Waals surface area contributed by atoms with Crippen molar-refractivity contribution >= 4 is 21.6 Å². The van der Waals surface area contributed by atoms with Crippen molar-refractivity contribution < 1.29 is 22.7 Å². The molecule has 0 saturated heterocycles. The molecule has 0 atom stereocenters. The summed E-state index contributed by atoms with van der Waals surface area (Å²) < 4.78 is 37.3. The number of aryl methyl sites for hydroxylation is 3. The first kappa shape index (κ1) is 24.5. The molecule has 0 aliphatic rings. The number of ether oxygens (including phenoxy) is 2. The Balaban J connectivity index is 2.17. The largest absolute Gasteiger partial charge is 0.490 e. The van der Waals surface area contributed by atoms with Crippen molar-refractivity contribution in [2.45, 2.75) is 41.2 Å². The molecule has 7 nitrogen and oxygen atoms in total. The molecule has 1 N–H and O–H groups in total. The predicted octanol–water partition coefficient (Wildman–Crippen LogP) is 3.49. The van der Waals surface area contributed by atoms with E-state index < -0.39 is 15.9 Å². The molecule has 2 aromatic carbocycles. The molecule has 0 bridgehead atoms. The molecule has 0 fully saturated rings. The fourth-order valence-electron chi connectivity index (χ4n) is 3.52. The van der Waals surface area contributed by atoms with Crippen molar-refractivity contribution in [3.8, 4) is 11.5 Å². The van der Waals surface area contributed by atoms with E-state index in [1.165, 1.54) is 0 Å². The van der Waals surface area contributed by atoms with Gasteiger partial charge in [0.1, 0.15) is 6.54 Å². The highest BCUT2D eigenvalue weighted by Gasteiger charge is 2.24. The van der Waals surface area contributed by atoms with E-state index in [1.54, 1.807) is 6.07 Å². The van der Waals surface area contributed by atoms with Crippen LogP contribution in [0.15, 0.2) is 30.3 Å². The van der Waals surface area contributed by atoms with E-state index in [0.717, 1.165) is 32.8 Å². The summed E-state index contributed by atoms with van der Waals surface area (Å²) in [6.45, 7) is 10.4. The molecule has 2 rings (SSSR count). The Labute approximate surface area is 185 Å². The average molecular weight is 449 g/mol. The summed E-state index contributed by atoms with van der Waals surface area (Å²) in [5.74, 6) is 0.865. The van der Waals surface area contributed by atoms with Gasteiger partial charge in [-0.3, -0.25) is 9.10 Å². The fraction of sp³-hybridized carbons (Fsp3) is 0.435. The van der Waals surface area contributed by atoms with Crippen molar-refractivity contribution in [2.75, 3.05) is 30.3 Å². The monoisotopic (exact) mass is 448 g/mol. The molecule has 0 unspecified atom stereocenters. The van der Waals surface area contributed by atoms with E-state index in [9.17, 15) is 13.2 Å². The van der Waals surface area contributed by atoms with Crippen LogP contribution in [0.2, 0.25) is 0 Å². The number of rotatable bonds is 10. The Bertz CT molecular complexity index is 1010. The number of amides is 1. The van der Waals surface area contributed by atoms with Crippen LogP contribution in [-0.4, -0.2) is 40.3 Å². The van der Waals surface area contributed by atoms with Crippen LogP contribution >= 0.6 is 0 Å². The maximum absolute atomic E-state index is 12.6. The minimum absolute atomic E-state index is 0.245. The van der Waals surface area contributed by atoms with Gasteiger partial charge < -0.3 is 14.8 Å².